The van der Waals surface area contributed by atoms with E-state index in [0.717, 1.165) is 23.0 Å². The van der Waals surface area contributed by atoms with Gasteiger partial charge in [-0.25, -0.2) is 0 Å². The van der Waals surface area contributed by atoms with Gasteiger partial charge in [0.1, 0.15) is 10.7 Å². The molecule has 1 aromatic heterocycles. The molecular formula is C14H19N3S2. The summed E-state index contributed by atoms with van der Waals surface area (Å²) in [4.78, 5) is 1.28. The Morgan fingerprint density at radius 3 is 2.63 bits per heavy atom. The first-order valence-corrected chi connectivity index (χ1v) is 8.24. The zero-order chi connectivity index (χ0) is 13.7. The highest BCUT2D eigenvalue weighted by Gasteiger charge is 2.07. The Morgan fingerprint density at radius 1 is 1.26 bits per heavy atom. The topological polar surface area (TPSA) is 37.8 Å². The van der Waals surface area contributed by atoms with Crippen molar-refractivity contribution in [3.8, 4) is 0 Å². The molecular weight excluding hydrogens is 274 g/mol. The highest BCUT2D eigenvalue weighted by Crippen LogP contribution is 2.28. The van der Waals surface area contributed by atoms with E-state index >= 15 is 0 Å². The van der Waals surface area contributed by atoms with Gasteiger partial charge in [0.15, 0.2) is 0 Å². The largest absolute Gasteiger partial charge is 0.374 e. The molecule has 0 aliphatic heterocycles. The van der Waals surface area contributed by atoms with E-state index in [1.54, 1.807) is 11.8 Å². The second-order valence-corrected chi connectivity index (χ2v) is 6.39. The van der Waals surface area contributed by atoms with Crippen LogP contribution in [0.4, 0.5) is 5.00 Å². The van der Waals surface area contributed by atoms with Crippen molar-refractivity contribution in [2.24, 2.45) is 0 Å². The highest BCUT2D eigenvalue weighted by atomic mass is 32.2. The molecule has 102 valence electrons. The number of nitrogens with zero attached hydrogens (tertiary/aromatic N) is 2. The van der Waals surface area contributed by atoms with Gasteiger partial charge in [0, 0.05) is 28.7 Å². The standard InChI is InChI=1S/C14H19N3S2/c1-4-15-14-13(16-17-19-14)9-18-12-7-5-11(6-8-12)10(2)3/h5-8,10,15H,4,9H2,1-3H3. The van der Waals surface area contributed by atoms with Crippen molar-refractivity contribution < 1.29 is 0 Å². The average molecular weight is 293 g/mol. The Morgan fingerprint density at radius 2 is 2.00 bits per heavy atom. The van der Waals surface area contributed by atoms with Crippen molar-refractivity contribution in [3.63, 3.8) is 0 Å². The van der Waals surface area contributed by atoms with Crippen LogP contribution >= 0.6 is 23.3 Å². The number of hydrogen-bond acceptors (Lipinski definition) is 5. The molecule has 0 fully saturated rings. The van der Waals surface area contributed by atoms with Gasteiger partial charge in [-0.1, -0.05) is 30.5 Å². The van der Waals surface area contributed by atoms with Gasteiger partial charge in [-0.15, -0.1) is 16.9 Å². The first-order chi connectivity index (χ1) is 9.20. The molecule has 0 aliphatic rings. The predicted octanol–water partition coefficient (Wildman–Crippen LogP) is 4.39. The van der Waals surface area contributed by atoms with E-state index in [1.165, 1.54) is 22.0 Å². The molecule has 2 aromatic rings. The molecule has 0 amide bonds. The molecule has 0 saturated heterocycles. The Kier molecular flexibility index (Phi) is 5.22. The summed E-state index contributed by atoms with van der Waals surface area (Å²) >= 11 is 3.23. The molecule has 0 atom stereocenters. The smallest absolute Gasteiger partial charge is 0.134 e. The third kappa shape index (κ3) is 3.94. The van der Waals surface area contributed by atoms with Crippen LogP contribution in [0.1, 0.15) is 37.9 Å². The van der Waals surface area contributed by atoms with Crippen LogP contribution < -0.4 is 5.32 Å². The lowest BCUT2D eigenvalue weighted by Gasteiger charge is -2.06. The molecule has 3 nitrogen and oxygen atoms in total. The minimum absolute atomic E-state index is 0.585. The fourth-order valence-electron chi connectivity index (χ4n) is 1.70. The summed E-state index contributed by atoms with van der Waals surface area (Å²) in [6.45, 7) is 7.42. The van der Waals surface area contributed by atoms with Crippen molar-refractivity contribution in [2.75, 3.05) is 11.9 Å². The van der Waals surface area contributed by atoms with Crippen LogP contribution in [0.3, 0.4) is 0 Å². The quantitative estimate of drug-likeness (QED) is 0.802. The first kappa shape index (κ1) is 14.3. The lowest BCUT2D eigenvalue weighted by molar-refractivity contribution is 0.865. The number of anilines is 1. The second-order valence-electron chi connectivity index (χ2n) is 4.59. The maximum Gasteiger partial charge on any atom is 0.134 e. The van der Waals surface area contributed by atoms with Gasteiger partial charge in [0.05, 0.1) is 0 Å². The monoisotopic (exact) mass is 293 g/mol. The zero-order valence-corrected chi connectivity index (χ0v) is 13.1. The number of aromatic nitrogens is 2. The minimum atomic E-state index is 0.585. The molecule has 19 heavy (non-hydrogen) atoms. The third-order valence-electron chi connectivity index (χ3n) is 2.82. The average Bonchev–Trinajstić information content (AvgIpc) is 2.85. The van der Waals surface area contributed by atoms with E-state index in [4.69, 9.17) is 0 Å². The summed E-state index contributed by atoms with van der Waals surface area (Å²) in [5.74, 6) is 1.45. The normalized spacial score (nSPS) is 10.9. The van der Waals surface area contributed by atoms with Gasteiger partial charge >= 0.3 is 0 Å². The van der Waals surface area contributed by atoms with E-state index in [2.05, 4.69) is 59.9 Å². The molecule has 0 saturated carbocycles. The van der Waals surface area contributed by atoms with Crippen LogP contribution in [-0.4, -0.2) is 16.1 Å². The Hall–Kier alpha value is -1.07. The third-order valence-corrected chi connectivity index (χ3v) is 4.56. The molecule has 0 bridgehead atoms. The van der Waals surface area contributed by atoms with Gasteiger partial charge in [-0.05, 0) is 30.5 Å². The van der Waals surface area contributed by atoms with Gasteiger partial charge in [-0.2, -0.15) is 0 Å². The fraction of sp³-hybridized carbons (Fsp3) is 0.429. The predicted molar refractivity (Wildman–Crippen MR) is 84.2 cm³/mol. The van der Waals surface area contributed by atoms with Crippen LogP contribution in [0, 0.1) is 0 Å². The van der Waals surface area contributed by atoms with Crippen molar-refractivity contribution in [2.45, 2.75) is 37.3 Å². The van der Waals surface area contributed by atoms with Crippen LogP contribution in [0.5, 0.6) is 0 Å². The fourth-order valence-corrected chi connectivity index (χ4v) is 3.27. The SMILES string of the molecule is CCNc1snnc1CSc1ccc(C(C)C)cc1. The van der Waals surface area contributed by atoms with E-state index < -0.39 is 0 Å². The Balaban J connectivity index is 1.96. The molecule has 0 radical (unpaired) electrons. The molecule has 0 unspecified atom stereocenters. The van der Waals surface area contributed by atoms with Crippen LogP contribution in [0.25, 0.3) is 0 Å². The summed E-state index contributed by atoms with van der Waals surface area (Å²) in [6, 6.07) is 8.79. The summed E-state index contributed by atoms with van der Waals surface area (Å²) in [6.07, 6.45) is 0. The zero-order valence-electron chi connectivity index (χ0n) is 11.5. The minimum Gasteiger partial charge on any atom is -0.374 e. The van der Waals surface area contributed by atoms with Gasteiger partial charge < -0.3 is 5.32 Å². The summed E-state index contributed by atoms with van der Waals surface area (Å²) < 4.78 is 4.01. The van der Waals surface area contributed by atoms with Gasteiger partial charge in [-0.3, -0.25) is 0 Å². The van der Waals surface area contributed by atoms with E-state index in [0.29, 0.717) is 5.92 Å². The van der Waals surface area contributed by atoms with Gasteiger partial charge in [0.25, 0.3) is 0 Å². The van der Waals surface area contributed by atoms with E-state index in [-0.39, 0.29) is 0 Å². The Bertz CT molecular complexity index is 506. The van der Waals surface area contributed by atoms with Crippen molar-refractivity contribution in [1.82, 2.24) is 9.59 Å². The summed E-state index contributed by atoms with van der Waals surface area (Å²) in [7, 11) is 0. The van der Waals surface area contributed by atoms with Gasteiger partial charge in [0.2, 0.25) is 0 Å². The van der Waals surface area contributed by atoms with E-state index in [1.807, 2.05) is 0 Å². The Labute approximate surface area is 123 Å². The van der Waals surface area contributed by atoms with Crippen molar-refractivity contribution in [3.05, 3.63) is 35.5 Å². The number of benzene rings is 1. The first-order valence-electron chi connectivity index (χ1n) is 6.48. The summed E-state index contributed by atoms with van der Waals surface area (Å²) in [5, 5.41) is 8.57. The lowest BCUT2D eigenvalue weighted by atomic mass is 10.0. The van der Waals surface area contributed by atoms with Crippen LogP contribution in [-0.2, 0) is 5.75 Å². The molecule has 2 rings (SSSR count). The molecule has 0 spiro atoms. The number of thioether (sulfide) groups is 1. The van der Waals surface area contributed by atoms with Crippen molar-refractivity contribution >= 4 is 28.3 Å². The number of hydrogen-bond donors (Lipinski definition) is 1. The van der Waals surface area contributed by atoms with E-state index in [9.17, 15) is 0 Å². The molecule has 1 heterocycles. The highest BCUT2D eigenvalue weighted by molar-refractivity contribution is 7.98. The molecule has 1 N–H and O–H groups in total. The number of nitrogens with one attached hydrogen (secondary N) is 1. The molecule has 1 aromatic carbocycles. The van der Waals surface area contributed by atoms with Crippen LogP contribution in [0.15, 0.2) is 29.2 Å². The van der Waals surface area contributed by atoms with Crippen LogP contribution in [0.2, 0.25) is 0 Å². The maximum absolute atomic E-state index is 4.18. The molecule has 0 aliphatic carbocycles. The molecule has 5 heteroatoms. The second kappa shape index (κ2) is 6.91. The van der Waals surface area contributed by atoms with Crippen molar-refractivity contribution in [1.29, 1.82) is 0 Å². The summed E-state index contributed by atoms with van der Waals surface area (Å²) in [5.41, 5.74) is 2.43. The maximum atomic E-state index is 4.18. The lowest BCUT2D eigenvalue weighted by Crippen LogP contribution is -1.97. The number of rotatable bonds is 6.